The molecule has 0 atom stereocenters. The first-order chi connectivity index (χ1) is 7.86. The quantitative estimate of drug-likeness (QED) is 0.470. The molecule has 0 spiro atoms. The molecule has 0 aliphatic heterocycles. The highest BCUT2D eigenvalue weighted by atomic mass is 16.5. The van der Waals surface area contributed by atoms with Crippen LogP contribution < -0.4 is 9.89 Å². The number of rotatable bonds is 4. The fourth-order valence-corrected chi connectivity index (χ4v) is 2.03. The molecule has 1 aromatic rings. The monoisotopic (exact) mass is 219 g/mol. The van der Waals surface area contributed by atoms with Crippen molar-refractivity contribution >= 4 is 5.71 Å². The highest BCUT2D eigenvalue weighted by molar-refractivity contribution is 6.00. The van der Waals surface area contributed by atoms with E-state index in [0.29, 0.717) is 12.5 Å². The summed E-state index contributed by atoms with van der Waals surface area (Å²) in [5.41, 5.74) is 1.71. The van der Waals surface area contributed by atoms with Crippen LogP contribution in [-0.2, 0) is 0 Å². The number of hydrogen-bond acceptors (Lipinski definition) is 2. The summed E-state index contributed by atoms with van der Waals surface area (Å²) in [7, 11) is 0. The minimum Gasteiger partial charge on any atom is -0.625 e. The smallest absolute Gasteiger partial charge is 0.199 e. The summed E-state index contributed by atoms with van der Waals surface area (Å²) in [6.07, 6.45) is 3.42. The van der Waals surface area contributed by atoms with Gasteiger partial charge in [-0.1, -0.05) is 18.6 Å². The first-order valence-corrected chi connectivity index (χ1v) is 5.84. The maximum Gasteiger partial charge on any atom is 0.199 e. The van der Waals surface area contributed by atoms with E-state index in [1.807, 2.05) is 31.2 Å². The van der Waals surface area contributed by atoms with Crippen LogP contribution in [0.5, 0.6) is 5.75 Å². The van der Waals surface area contributed by atoms with Crippen LogP contribution in [0.25, 0.3) is 0 Å². The van der Waals surface area contributed by atoms with Gasteiger partial charge in [0.1, 0.15) is 5.75 Å². The highest BCUT2D eigenvalue weighted by Crippen LogP contribution is 2.31. The SMILES string of the molecule is CCOc1ccccc1C(=[NH+][O-])C1CCC1. The largest absolute Gasteiger partial charge is 0.625 e. The van der Waals surface area contributed by atoms with E-state index in [1.165, 1.54) is 6.42 Å². The minimum atomic E-state index is 0.388. The zero-order valence-corrected chi connectivity index (χ0v) is 9.53. The normalized spacial score (nSPS) is 16.9. The lowest BCUT2D eigenvalue weighted by Crippen LogP contribution is -2.68. The van der Waals surface area contributed by atoms with Gasteiger partial charge in [-0.3, -0.25) is 0 Å². The van der Waals surface area contributed by atoms with Crippen molar-refractivity contribution in [1.82, 2.24) is 0 Å². The number of hydrogen-bond donors (Lipinski definition) is 1. The first-order valence-electron chi connectivity index (χ1n) is 5.84. The third-order valence-electron chi connectivity index (χ3n) is 3.10. The topological polar surface area (TPSA) is 46.3 Å². The minimum absolute atomic E-state index is 0.388. The Labute approximate surface area is 95.7 Å². The lowest BCUT2D eigenvalue weighted by atomic mass is 9.79. The molecule has 1 fully saturated rings. The summed E-state index contributed by atoms with van der Waals surface area (Å²) in [5.74, 6) is 1.19. The van der Waals surface area contributed by atoms with Crippen molar-refractivity contribution in [2.24, 2.45) is 5.92 Å². The Morgan fingerprint density at radius 1 is 1.44 bits per heavy atom. The third kappa shape index (κ3) is 2.03. The second-order valence-electron chi connectivity index (χ2n) is 4.07. The number of benzene rings is 1. The maximum atomic E-state index is 11.1. The van der Waals surface area contributed by atoms with Gasteiger partial charge in [0.15, 0.2) is 5.71 Å². The Hall–Kier alpha value is -1.51. The van der Waals surface area contributed by atoms with E-state index in [2.05, 4.69) is 5.16 Å². The van der Waals surface area contributed by atoms with Gasteiger partial charge in [0.25, 0.3) is 0 Å². The molecule has 1 N–H and O–H groups in total. The van der Waals surface area contributed by atoms with Gasteiger partial charge < -0.3 is 9.94 Å². The van der Waals surface area contributed by atoms with E-state index >= 15 is 0 Å². The van der Waals surface area contributed by atoms with Crippen LogP contribution in [0.3, 0.4) is 0 Å². The van der Waals surface area contributed by atoms with E-state index in [4.69, 9.17) is 4.74 Å². The number of nitrogens with one attached hydrogen (secondary N) is 1. The molecule has 3 heteroatoms. The maximum absolute atomic E-state index is 11.1. The summed E-state index contributed by atoms with van der Waals surface area (Å²) < 4.78 is 5.54. The Morgan fingerprint density at radius 3 is 2.75 bits per heavy atom. The van der Waals surface area contributed by atoms with Crippen molar-refractivity contribution in [3.8, 4) is 5.75 Å². The van der Waals surface area contributed by atoms with E-state index in [1.54, 1.807) is 0 Å². The van der Waals surface area contributed by atoms with Gasteiger partial charge in [-0.25, -0.2) is 5.16 Å². The van der Waals surface area contributed by atoms with Crippen LogP contribution in [-0.4, -0.2) is 12.3 Å². The molecule has 0 bridgehead atoms. The van der Waals surface area contributed by atoms with Gasteiger partial charge in [0.2, 0.25) is 0 Å². The summed E-state index contributed by atoms with van der Waals surface area (Å²) in [6.45, 7) is 2.57. The zero-order chi connectivity index (χ0) is 11.4. The third-order valence-corrected chi connectivity index (χ3v) is 3.10. The fraction of sp³-hybridized carbons (Fsp3) is 0.462. The van der Waals surface area contributed by atoms with Gasteiger partial charge in [-0.2, -0.15) is 0 Å². The van der Waals surface area contributed by atoms with Crippen molar-refractivity contribution in [2.75, 3.05) is 6.61 Å². The van der Waals surface area contributed by atoms with E-state index in [0.717, 1.165) is 29.9 Å². The molecule has 1 aliphatic carbocycles. The Morgan fingerprint density at radius 2 is 2.19 bits per heavy atom. The molecule has 0 unspecified atom stereocenters. The van der Waals surface area contributed by atoms with Crippen molar-refractivity contribution in [3.05, 3.63) is 35.0 Å². The predicted octanol–water partition coefficient (Wildman–Crippen LogP) is 1.25. The molecule has 0 radical (unpaired) electrons. The molecule has 2 rings (SSSR count). The molecular formula is C13H17NO2. The van der Waals surface area contributed by atoms with Crippen LogP contribution in [0, 0.1) is 11.1 Å². The molecule has 0 saturated heterocycles. The van der Waals surface area contributed by atoms with Crippen LogP contribution >= 0.6 is 0 Å². The standard InChI is InChI=1S/C13H17NO2/c1-2-16-12-9-4-3-8-11(12)13(14-15)10-6-5-7-10/h3-4,8-10,14H,2,5-7H2,1H3. The molecule has 3 nitrogen and oxygen atoms in total. The molecule has 86 valence electrons. The second-order valence-corrected chi connectivity index (χ2v) is 4.07. The Balaban J connectivity index is 2.29. The molecule has 0 heterocycles. The Bertz CT molecular complexity index is 383. The van der Waals surface area contributed by atoms with Crippen LogP contribution in [0.2, 0.25) is 0 Å². The van der Waals surface area contributed by atoms with E-state index < -0.39 is 0 Å². The first kappa shape index (κ1) is 11.0. The molecule has 1 aliphatic rings. The average Bonchev–Trinajstić information content (AvgIpc) is 2.25. The van der Waals surface area contributed by atoms with Gasteiger partial charge >= 0.3 is 0 Å². The predicted molar refractivity (Wildman–Crippen MR) is 63.4 cm³/mol. The van der Waals surface area contributed by atoms with Crippen LogP contribution in [0.4, 0.5) is 0 Å². The molecule has 16 heavy (non-hydrogen) atoms. The molecular weight excluding hydrogens is 202 g/mol. The molecule has 1 saturated carbocycles. The molecule has 0 aromatic heterocycles. The van der Waals surface area contributed by atoms with Crippen LogP contribution in [0.15, 0.2) is 24.3 Å². The second kappa shape index (κ2) is 5.01. The average molecular weight is 219 g/mol. The van der Waals surface area contributed by atoms with Gasteiger partial charge in [-0.15, -0.1) is 0 Å². The van der Waals surface area contributed by atoms with Gasteiger partial charge in [0, 0.05) is 5.92 Å². The lowest BCUT2D eigenvalue weighted by molar-refractivity contribution is -0.376. The summed E-state index contributed by atoms with van der Waals surface area (Å²) >= 11 is 0. The summed E-state index contributed by atoms with van der Waals surface area (Å²) in [5, 5.41) is 13.2. The Kier molecular flexibility index (Phi) is 3.44. The summed E-state index contributed by atoms with van der Waals surface area (Å²) in [6, 6.07) is 7.73. The number of ether oxygens (including phenoxy) is 1. The fourth-order valence-electron chi connectivity index (χ4n) is 2.03. The van der Waals surface area contributed by atoms with E-state index in [9.17, 15) is 5.21 Å². The lowest BCUT2D eigenvalue weighted by Gasteiger charge is -2.24. The van der Waals surface area contributed by atoms with E-state index in [-0.39, 0.29) is 0 Å². The van der Waals surface area contributed by atoms with Crippen LogP contribution in [0.1, 0.15) is 31.7 Å². The molecule has 1 aromatic carbocycles. The van der Waals surface area contributed by atoms with Crippen molar-refractivity contribution < 1.29 is 9.89 Å². The van der Waals surface area contributed by atoms with Crippen molar-refractivity contribution in [3.63, 3.8) is 0 Å². The van der Waals surface area contributed by atoms with Gasteiger partial charge in [0.05, 0.1) is 12.2 Å². The zero-order valence-electron chi connectivity index (χ0n) is 9.53. The van der Waals surface area contributed by atoms with Crippen molar-refractivity contribution in [1.29, 1.82) is 0 Å². The van der Waals surface area contributed by atoms with Gasteiger partial charge in [-0.05, 0) is 31.9 Å². The highest BCUT2D eigenvalue weighted by Gasteiger charge is 2.30. The summed E-state index contributed by atoms with van der Waals surface area (Å²) in [4.78, 5) is 0. The van der Waals surface area contributed by atoms with Crippen molar-refractivity contribution in [2.45, 2.75) is 26.2 Å². The molecule has 0 amide bonds. The number of para-hydroxylation sites is 1.